The van der Waals surface area contributed by atoms with E-state index in [2.05, 4.69) is 41.3 Å². The summed E-state index contributed by atoms with van der Waals surface area (Å²) in [6, 6.07) is 17.0. The molecule has 4 rings (SSSR count). The Morgan fingerprint density at radius 2 is 1.74 bits per heavy atom. The number of rotatable bonds is 9. The van der Waals surface area contributed by atoms with E-state index in [0.29, 0.717) is 41.6 Å². The maximum Gasteiger partial charge on any atom is 0.290 e. The molecule has 35 heavy (non-hydrogen) atoms. The van der Waals surface area contributed by atoms with Crippen molar-refractivity contribution in [1.29, 1.82) is 0 Å². The van der Waals surface area contributed by atoms with Crippen molar-refractivity contribution in [3.05, 3.63) is 76.8 Å². The molecular formula is C26H26N4O4S. The van der Waals surface area contributed by atoms with Crippen LogP contribution in [0.1, 0.15) is 30.9 Å². The second kappa shape index (κ2) is 11.1. The Bertz CT molecular complexity index is 1230. The Kier molecular flexibility index (Phi) is 7.67. The number of imide groups is 1. The molecule has 1 aliphatic rings. The molecule has 1 aromatic heterocycles. The summed E-state index contributed by atoms with van der Waals surface area (Å²) in [5, 5.41) is 1.89. The Labute approximate surface area is 208 Å². The third-order valence-corrected chi connectivity index (χ3v) is 6.05. The van der Waals surface area contributed by atoms with Crippen LogP contribution in [-0.4, -0.2) is 41.3 Å². The Morgan fingerprint density at radius 1 is 1.03 bits per heavy atom. The molecule has 0 radical (unpaired) electrons. The van der Waals surface area contributed by atoms with Gasteiger partial charge in [-0.15, -0.1) is 0 Å². The standard InChI is InChI=1S/C26H26N4O4S/c1-17(2)19-6-10-21(11-7-19)34-23-12-13-27-25(28-23)30(3)14-15-33-20-8-4-18(5-9-20)16-22-24(31)29-26(32)35-22/h4-13,16-17H,14-15H2,1-3H3,(H,29,31,32)/b22-16-. The number of amides is 2. The molecule has 0 aliphatic carbocycles. The zero-order valence-electron chi connectivity index (χ0n) is 19.7. The van der Waals surface area contributed by atoms with E-state index in [9.17, 15) is 9.59 Å². The predicted octanol–water partition coefficient (Wildman–Crippen LogP) is 5.23. The largest absolute Gasteiger partial charge is 0.492 e. The van der Waals surface area contributed by atoms with Crippen molar-refractivity contribution in [2.45, 2.75) is 19.8 Å². The summed E-state index contributed by atoms with van der Waals surface area (Å²) in [5.41, 5.74) is 2.06. The summed E-state index contributed by atoms with van der Waals surface area (Å²) in [5.74, 6) is 2.52. The normalized spacial score (nSPS) is 14.3. The second-order valence-electron chi connectivity index (χ2n) is 8.21. The first-order valence-electron chi connectivity index (χ1n) is 11.2. The summed E-state index contributed by atoms with van der Waals surface area (Å²) >= 11 is 0.894. The number of anilines is 1. The van der Waals surface area contributed by atoms with Gasteiger partial charge in [0.25, 0.3) is 11.1 Å². The van der Waals surface area contributed by atoms with Gasteiger partial charge in [-0.1, -0.05) is 38.1 Å². The zero-order valence-corrected chi connectivity index (χ0v) is 20.5. The molecule has 0 bridgehead atoms. The first-order valence-corrected chi connectivity index (χ1v) is 12.0. The van der Waals surface area contributed by atoms with E-state index in [1.807, 2.05) is 48.3 Å². The van der Waals surface area contributed by atoms with Gasteiger partial charge in [-0.05, 0) is 59.1 Å². The topological polar surface area (TPSA) is 93.7 Å². The zero-order chi connectivity index (χ0) is 24.8. The number of likely N-dealkylation sites (N-methyl/N-ethyl adjacent to an activating group) is 1. The molecule has 2 aromatic carbocycles. The highest BCUT2D eigenvalue weighted by Gasteiger charge is 2.24. The van der Waals surface area contributed by atoms with Crippen molar-refractivity contribution >= 4 is 34.9 Å². The monoisotopic (exact) mass is 490 g/mol. The number of carbonyl (C=O) groups excluding carboxylic acids is 2. The number of nitrogens with one attached hydrogen (secondary N) is 1. The van der Waals surface area contributed by atoms with E-state index in [1.54, 1.807) is 18.3 Å². The van der Waals surface area contributed by atoms with Crippen molar-refractivity contribution in [2.24, 2.45) is 0 Å². The number of hydrogen-bond acceptors (Lipinski definition) is 8. The van der Waals surface area contributed by atoms with Crippen LogP contribution in [0.15, 0.2) is 65.7 Å². The lowest BCUT2D eigenvalue weighted by molar-refractivity contribution is -0.115. The maximum atomic E-state index is 11.7. The van der Waals surface area contributed by atoms with Crippen LogP contribution < -0.4 is 19.7 Å². The number of ether oxygens (including phenoxy) is 2. The fourth-order valence-corrected chi connectivity index (χ4v) is 3.93. The smallest absolute Gasteiger partial charge is 0.290 e. The second-order valence-corrected chi connectivity index (χ2v) is 9.23. The maximum absolute atomic E-state index is 11.7. The average molecular weight is 491 g/mol. The molecule has 2 heterocycles. The van der Waals surface area contributed by atoms with Gasteiger partial charge < -0.3 is 14.4 Å². The highest BCUT2D eigenvalue weighted by Crippen LogP contribution is 2.26. The van der Waals surface area contributed by atoms with Crippen LogP contribution in [-0.2, 0) is 4.79 Å². The fourth-order valence-electron chi connectivity index (χ4n) is 3.25. The van der Waals surface area contributed by atoms with Crippen LogP contribution in [0, 0.1) is 0 Å². The van der Waals surface area contributed by atoms with E-state index >= 15 is 0 Å². The predicted molar refractivity (Wildman–Crippen MR) is 137 cm³/mol. The van der Waals surface area contributed by atoms with Crippen LogP contribution in [0.3, 0.4) is 0 Å². The molecule has 1 aliphatic heterocycles. The molecule has 3 aromatic rings. The molecule has 0 atom stereocenters. The minimum absolute atomic E-state index is 0.355. The van der Waals surface area contributed by atoms with Gasteiger partial charge in [-0.2, -0.15) is 4.98 Å². The molecule has 1 saturated heterocycles. The molecule has 180 valence electrons. The van der Waals surface area contributed by atoms with E-state index in [0.717, 1.165) is 23.1 Å². The van der Waals surface area contributed by atoms with Crippen LogP contribution in [0.5, 0.6) is 17.4 Å². The highest BCUT2D eigenvalue weighted by atomic mass is 32.2. The first kappa shape index (κ1) is 24.3. The molecule has 9 heteroatoms. The number of thioether (sulfide) groups is 1. The Morgan fingerprint density at radius 3 is 2.40 bits per heavy atom. The van der Waals surface area contributed by atoms with Crippen molar-refractivity contribution in [3.8, 4) is 17.4 Å². The number of benzene rings is 2. The minimum atomic E-state index is -0.371. The van der Waals surface area contributed by atoms with Gasteiger partial charge in [-0.25, -0.2) is 4.98 Å². The van der Waals surface area contributed by atoms with Gasteiger partial charge in [0.15, 0.2) is 0 Å². The number of aromatic nitrogens is 2. The molecular weight excluding hydrogens is 464 g/mol. The lowest BCUT2D eigenvalue weighted by atomic mass is 10.0. The number of nitrogens with zero attached hydrogens (tertiary/aromatic N) is 3. The average Bonchev–Trinajstić information content (AvgIpc) is 3.17. The molecule has 0 unspecified atom stereocenters. The molecule has 1 fully saturated rings. The molecule has 0 spiro atoms. The van der Waals surface area contributed by atoms with Crippen LogP contribution in [0.25, 0.3) is 6.08 Å². The molecule has 8 nitrogen and oxygen atoms in total. The van der Waals surface area contributed by atoms with Gasteiger partial charge in [0.2, 0.25) is 11.8 Å². The van der Waals surface area contributed by atoms with Crippen LogP contribution >= 0.6 is 11.8 Å². The Balaban J connectivity index is 1.28. The van der Waals surface area contributed by atoms with E-state index < -0.39 is 0 Å². The molecule has 2 amide bonds. The number of hydrogen-bond donors (Lipinski definition) is 1. The molecule has 0 saturated carbocycles. The summed E-state index contributed by atoms with van der Waals surface area (Å²) < 4.78 is 11.7. The number of carbonyl (C=O) groups is 2. The van der Waals surface area contributed by atoms with E-state index in [4.69, 9.17) is 9.47 Å². The van der Waals surface area contributed by atoms with Crippen molar-refractivity contribution in [3.63, 3.8) is 0 Å². The lowest BCUT2D eigenvalue weighted by Crippen LogP contribution is -2.25. The minimum Gasteiger partial charge on any atom is -0.492 e. The van der Waals surface area contributed by atoms with Crippen molar-refractivity contribution in [1.82, 2.24) is 15.3 Å². The van der Waals surface area contributed by atoms with Gasteiger partial charge in [0, 0.05) is 19.3 Å². The van der Waals surface area contributed by atoms with E-state index in [1.165, 1.54) is 5.56 Å². The summed E-state index contributed by atoms with van der Waals surface area (Å²) in [4.78, 5) is 34.0. The van der Waals surface area contributed by atoms with Gasteiger partial charge in [-0.3, -0.25) is 14.9 Å². The SMILES string of the molecule is CC(C)c1ccc(Oc2ccnc(N(C)CCOc3ccc(/C=C4\SC(=O)NC4=O)cc3)n2)cc1. The van der Waals surface area contributed by atoms with Crippen molar-refractivity contribution in [2.75, 3.05) is 25.1 Å². The quantitative estimate of drug-likeness (QED) is 0.408. The Hall–Kier alpha value is -3.85. The van der Waals surface area contributed by atoms with Crippen molar-refractivity contribution < 1.29 is 19.1 Å². The third kappa shape index (κ3) is 6.60. The molecule has 1 N–H and O–H groups in total. The van der Waals surface area contributed by atoms with E-state index in [-0.39, 0.29) is 11.1 Å². The summed E-state index contributed by atoms with van der Waals surface area (Å²) in [7, 11) is 1.89. The van der Waals surface area contributed by atoms with Crippen LogP contribution in [0.2, 0.25) is 0 Å². The highest BCUT2D eigenvalue weighted by molar-refractivity contribution is 8.18. The third-order valence-electron chi connectivity index (χ3n) is 5.24. The summed E-state index contributed by atoms with van der Waals surface area (Å²) in [6.07, 6.45) is 3.34. The first-order chi connectivity index (χ1) is 16.9. The van der Waals surface area contributed by atoms with Gasteiger partial charge in [0.05, 0.1) is 11.4 Å². The lowest BCUT2D eigenvalue weighted by Gasteiger charge is -2.18. The van der Waals surface area contributed by atoms with Crippen LogP contribution in [0.4, 0.5) is 10.7 Å². The van der Waals surface area contributed by atoms with Gasteiger partial charge >= 0.3 is 0 Å². The van der Waals surface area contributed by atoms with Gasteiger partial charge in [0.1, 0.15) is 18.1 Å². The summed E-state index contributed by atoms with van der Waals surface area (Å²) in [6.45, 7) is 5.30. The fraction of sp³-hybridized carbons (Fsp3) is 0.231.